The van der Waals surface area contributed by atoms with Crippen LogP contribution in [-0.2, 0) is 11.2 Å². The van der Waals surface area contributed by atoms with Crippen LogP contribution in [0.15, 0.2) is 30.5 Å². The Morgan fingerprint density at radius 1 is 1.37 bits per heavy atom. The topological polar surface area (TPSA) is 47.8 Å². The van der Waals surface area contributed by atoms with Crippen molar-refractivity contribution >= 4 is 6.29 Å². The summed E-state index contributed by atoms with van der Waals surface area (Å²) in [6.07, 6.45) is 5.51. The van der Waals surface area contributed by atoms with Crippen LogP contribution in [0.4, 0.5) is 4.39 Å². The zero-order valence-electron chi connectivity index (χ0n) is 10.4. The molecule has 0 saturated heterocycles. The predicted molar refractivity (Wildman–Crippen MR) is 67.2 cm³/mol. The van der Waals surface area contributed by atoms with Crippen LogP contribution in [0.25, 0.3) is 0 Å². The van der Waals surface area contributed by atoms with Crippen LogP contribution in [0.5, 0.6) is 0 Å². The molecule has 1 fully saturated rings. The Bertz CT molecular complexity index is 575. The lowest BCUT2D eigenvalue weighted by Crippen LogP contribution is -2.14. The predicted octanol–water partition coefficient (Wildman–Crippen LogP) is 2.28. The van der Waals surface area contributed by atoms with Gasteiger partial charge in [-0.05, 0) is 30.5 Å². The van der Waals surface area contributed by atoms with Crippen molar-refractivity contribution in [3.63, 3.8) is 0 Å². The summed E-state index contributed by atoms with van der Waals surface area (Å²) in [5, 5.41) is 8.12. The van der Waals surface area contributed by atoms with Crippen LogP contribution < -0.4 is 0 Å². The molecule has 1 aromatic heterocycles. The van der Waals surface area contributed by atoms with E-state index >= 15 is 0 Å². The zero-order valence-corrected chi connectivity index (χ0v) is 10.4. The maximum atomic E-state index is 12.8. The quantitative estimate of drug-likeness (QED) is 0.774. The molecule has 0 spiro atoms. The van der Waals surface area contributed by atoms with Crippen LogP contribution in [0.1, 0.15) is 36.1 Å². The fraction of sp³-hybridized carbons (Fsp3) is 0.357. The smallest absolute Gasteiger partial charge is 0.144 e. The molecule has 1 heterocycles. The summed E-state index contributed by atoms with van der Waals surface area (Å²) in [6.45, 7) is 0. The van der Waals surface area contributed by atoms with Gasteiger partial charge in [0.15, 0.2) is 0 Å². The van der Waals surface area contributed by atoms with E-state index in [1.54, 1.807) is 16.8 Å². The number of aromatic nitrogens is 3. The van der Waals surface area contributed by atoms with Gasteiger partial charge in [-0.3, -0.25) is 0 Å². The van der Waals surface area contributed by atoms with Crippen molar-refractivity contribution < 1.29 is 9.18 Å². The standard InChI is InChI=1S/C14H14FN3O/c15-12-5-1-10(2-6-12)7-13(9-19)18-8-14(16-17-18)11-3-4-11/h1-2,5-6,8-9,11,13H,3-4,7H2. The Morgan fingerprint density at radius 3 is 2.74 bits per heavy atom. The number of carbonyl (C=O) groups is 1. The van der Waals surface area contributed by atoms with Crippen LogP contribution in [-0.4, -0.2) is 21.3 Å². The van der Waals surface area contributed by atoms with Crippen molar-refractivity contribution in [3.8, 4) is 0 Å². The van der Waals surface area contributed by atoms with E-state index in [0.717, 1.165) is 30.4 Å². The molecule has 4 nitrogen and oxygen atoms in total. The first-order chi connectivity index (χ1) is 9.26. The summed E-state index contributed by atoms with van der Waals surface area (Å²) in [5.74, 6) is 0.245. The Kier molecular flexibility index (Phi) is 3.11. The van der Waals surface area contributed by atoms with Gasteiger partial charge < -0.3 is 4.79 Å². The highest BCUT2D eigenvalue weighted by Gasteiger charge is 2.27. The minimum Gasteiger partial charge on any atom is -0.301 e. The molecule has 0 amide bonds. The molecule has 1 unspecified atom stereocenters. The van der Waals surface area contributed by atoms with Gasteiger partial charge in [-0.2, -0.15) is 0 Å². The first-order valence-corrected chi connectivity index (χ1v) is 6.38. The molecule has 1 aromatic carbocycles. The van der Waals surface area contributed by atoms with E-state index in [-0.39, 0.29) is 11.9 Å². The molecule has 2 aromatic rings. The second kappa shape index (κ2) is 4.91. The minimum absolute atomic E-state index is 0.275. The number of hydrogen-bond donors (Lipinski definition) is 0. The largest absolute Gasteiger partial charge is 0.301 e. The van der Waals surface area contributed by atoms with E-state index in [1.165, 1.54) is 12.1 Å². The van der Waals surface area contributed by atoms with Gasteiger partial charge in [0.05, 0.1) is 5.69 Å². The molecule has 0 bridgehead atoms. The van der Waals surface area contributed by atoms with Crippen molar-refractivity contribution in [2.45, 2.75) is 31.2 Å². The van der Waals surface area contributed by atoms with E-state index in [2.05, 4.69) is 10.3 Å². The van der Waals surface area contributed by atoms with Gasteiger partial charge in [0.25, 0.3) is 0 Å². The Morgan fingerprint density at radius 2 is 2.11 bits per heavy atom. The van der Waals surface area contributed by atoms with E-state index < -0.39 is 0 Å². The third-order valence-corrected chi connectivity index (χ3v) is 3.38. The normalized spacial score (nSPS) is 16.3. The van der Waals surface area contributed by atoms with E-state index in [0.29, 0.717) is 12.3 Å². The average molecular weight is 259 g/mol. The molecule has 98 valence electrons. The number of carbonyl (C=O) groups excluding carboxylic acids is 1. The molecule has 3 rings (SSSR count). The van der Waals surface area contributed by atoms with Crippen molar-refractivity contribution in [1.29, 1.82) is 0 Å². The number of rotatable bonds is 5. The van der Waals surface area contributed by atoms with Crippen molar-refractivity contribution in [3.05, 3.63) is 47.5 Å². The molecule has 1 aliphatic carbocycles. The Labute approximate surface area is 110 Å². The summed E-state index contributed by atoms with van der Waals surface area (Å²) >= 11 is 0. The average Bonchev–Trinajstić information content (AvgIpc) is 3.17. The third kappa shape index (κ3) is 2.70. The monoisotopic (exact) mass is 259 g/mol. The van der Waals surface area contributed by atoms with Gasteiger partial charge >= 0.3 is 0 Å². The van der Waals surface area contributed by atoms with Crippen molar-refractivity contribution in [1.82, 2.24) is 15.0 Å². The van der Waals surface area contributed by atoms with Gasteiger partial charge in [-0.25, -0.2) is 9.07 Å². The van der Waals surface area contributed by atoms with Crippen molar-refractivity contribution in [2.75, 3.05) is 0 Å². The van der Waals surface area contributed by atoms with Crippen LogP contribution in [0, 0.1) is 5.82 Å². The number of hydrogen-bond acceptors (Lipinski definition) is 3. The van der Waals surface area contributed by atoms with E-state index in [1.807, 2.05) is 6.20 Å². The van der Waals surface area contributed by atoms with Crippen LogP contribution >= 0.6 is 0 Å². The molecule has 0 N–H and O–H groups in total. The fourth-order valence-electron chi connectivity index (χ4n) is 2.08. The van der Waals surface area contributed by atoms with E-state index in [9.17, 15) is 9.18 Å². The Hall–Kier alpha value is -2.04. The highest BCUT2D eigenvalue weighted by molar-refractivity contribution is 5.56. The molecule has 0 radical (unpaired) electrons. The molecule has 5 heteroatoms. The van der Waals surface area contributed by atoms with Crippen LogP contribution in [0.2, 0.25) is 0 Å². The second-order valence-corrected chi connectivity index (χ2v) is 4.93. The van der Waals surface area contributed by atoms with Gasteiger partial charge in [0, 0.05) is 18.5 Å². The maximum absolute atomic E-state index is 12.8. The summed E-state index contributed by atoms with van der Waals surface area (Å²) in [6, 6.07) is 5.78. The van der Waals surface area contributed by atoms with Crippen molar-refractivity contribution in [2.24, 2.45) is 0 Å². The van der Waals surface area contributed by atoms with Crippen LogP contribution in [0.3, 0.4) is 0 Å². The summed E-state index contributed by atoms with van der Waals surface area (Å²) in [7, 11) is 0. The lowest BCUT2D eigenvalue weighted by Gasteiger charge is -2.09. The summed E-state index contributed by atoms with van der Waals surface area (Å²) in [4.78, 5) is 11.2. The molecule has 0 aliphatic heterocycles. The molecule has 19 heavy (non-hydrogen) atoms. The number of benzene rings is 1. The molecular weight excluding hydrogens is 245 g/mol. The Balaban J connectivity index is 1.75. The minimum atomic E-state index is -0.384. The van der Waals surface area contributed by atoms with Gasteiger partial charge in [-0.1, -0.05) is 17.3 Å². The zero-order chi connectivity index (χ0) is 13.2. The lowest BCUT2D eigenvalue weighted by atomic mass is 10.1. The number of nitrogens with zero attached hydrogens (tertiary/aromatic N) is 3. The molecule has 1 aliphatic rings. The first-order valence-electron chi connectivity index (χ1n) is 6.38. The van der Waals surface area contributed by atoms with Gasteiger partial charge in [-0.15, -0.1) is 5.10 Å². The van der Waals surface area contributed by atoms with Gasteiger partial charge in [0.1, 0.15) is 18.1 Å². The summed E-state index contributed by atoms with van der Waals surface area (Å²) in [5.41, 5.74) is 1.87. The maximum Gasteiger partial charge on any atom is 0.144 e. The fourth-order valence-corrected chi connectivity index (χ4v) is 2.08. The SMILES string of the molecule is O=CC(Cc1ccc(F)cc1)n1cc(C2CC2)nn1. The molecule has 1 saturated carbocycles. The van der Waals surface area contributed by atoms with E-state index in [4.69, 9.17) is 0 Å². The highest BCUT2D eigenvalue weighted by Crippen LogP contribution is 2.38. The third-order valence-electron chi connectivity index (χ3n) is 3.38. The molecule has 1 atom stereocenters. The second-order valence-electron chi connectivity index (χ2n) is 4.93. The number of aldehydes is 1. The first kappa shape index (κ1) is 12.0. The highest BCUT2D eigenvalue weighted by atomic mass is 19.1. The lowest BCUT2D eigenvalue weighted by molar-refractivity contribution is -0.110. The number of halogens is 1. The molecular formula is C14H14FN3O. The summed E-state index contributed by atoms with van der Waals surface area (Å²) < 4.78 is 14.4. The van der Waals surface area contributed by atoms with Gasteiger partial charge in [0.2, 0.25) is 0 Å².